The van der Waals surface area contributed by atoms with Crippen LogP contribution in [0.15, 0.2) is 20.1 Å². The number of hydrogen-bond acceptors (Lipinski definition) is 0. The summed E-state index contributed by atoms with van der Waals surface area (Å²) >= 11 is 57.2. The summed E-state index contributed by atoms with van der Waals surface area (Å²) in [5, 5.41) is -1.04. The summed E-state index contributed by atoms with van der Waals surface area (Å²) in [6, 6.07) is 0. The van der Waals surface area contributed by atoms with Gasteiger partial charge in [0, 0.05) is 5.92 Å². The molecule has 0 amide bonds. The summed E-state index contributed by atoms with van der Waals surface area (Å²) in [5.41, 5.74) is 0. The number of fused-ring (bicyclic) bond motifs is 5. The van der Waals surface area contributed by atoms with Crippen LogP contribution in [0.1, 0.15) is 0 Å². The molecule has 3 rings (SSSR count). The molecule has 0 radical (unpaired) electrons. The van der Waals surface area contributed by atoms with E-state index >= 15 is 0 Å². The van der Waals surface area contributed by atoms with Crippen LogP contribution in [0.25, 0.3) is 0 Å². The second kappa shape index (κ2) is 4.34. The third-order valence-electron chi connectivity index (χ3n) is 4.04. The van der Waals surface area contributed by atoms with Gasteiger partial charge in [0.15, 0.2) is 0 Å². The first-order valence-corrected chi connectivity index (χ1v) is 8.55. The molecule has 0 saturated heterocycles. The number of hydrogen-bond donors (Lipinski definition) is 0. The summed E-state index contributed by atoms with van der Waals surface area (Å²) < 4.78 is 0. The van der Waals surface area contributed by atoms with Crippen molar-refractivity contribution in [2.75, 3.05) is 0 Å². The molecule has 0 N–H and O–H groups in total. The number of allylic oxidation sites excluding steroid dienone is 4. The van der Waals surface area contributed by atoms with E-state index < -0.39 is 31.3 Å². The van der Waals surface area contributed by atoms with Crippen molar-refractivity contribution in [1.29, 1.82) is 0 Å². The summed E-state index contributed by atoms with van der Waals surface area (Å²) in [6.07, 6.45) is 0. The molecule has 0 aromatic heterocycles. The molecule has 0 nitrogen and oxygen atoms in total. The fourth-order valence-corrected chi connectivity index (χ4v) is 7.95. The maximum atomic E-state index is 6.65. The Bertz CT molecular complexity index is 553. The predicted octanol–water partition coefficient (Wildman–Crippen LogP) is 6.17. The van der Waals surface area contributed by atoms with Crippen molar-refractivity contribution in [2.45, 2.75) is 25.4 Å². The van der Waals surface area contributed by atoms with Gasteiger partial charge in [-0.2, -0.15) is 0 Å². The van der Waals surface area contributed by atoms with Crippen LogP contribution >= 0.6 is 104 Å². The van der Waals surface area contributed by atoms with Crippen LogP contribution < -0.4 is 0 Å². The summed E-state index contributed by atoms with van der Waals surface area (Å²) in [4.78, 5) is -4.11. The maximum Gasteiger partial charge on any atom is 0.124 e. The third-order valence-corrected chi connectivity index (χ3v) is 10.1. The van der Waals surface area contributed by atoms with Gasteiger partial charge in [-0.3, -0.25) is 0 Å². The topological polar surface area (TPSA) is 0 Å². The number of rotatable bonds is 0. The fraction of sp³-hybridized carbons (Fsp3) is 0.600. The molecular formula is C10H3Cl9. The molecule has 0 aliphatic heterocycles. The van der Waals surface area contributed by atoms with E-state index in [1.165, 1.54) is 0 Å². The lowest BCUT2D eigenvalue weighted by Gasteiger charge is -2.40. The Kier molecular flexibility index (Phi) is 3.64. The lowest BCUT2D eigenvalue weighted by molar-refractivity contribution is 0.443. The van der Waals surface area contributed by atoms with E-state index in [2.05, 4.69) is 0 Å². The molecule has 3 aliphatic carbocycles. The first-order chi connectivity index (χ1) is 8.57. The van der Waals surface area contributed by atoms with Gasteiger partial charge in [-0.05, 0) is 0 Å². The molecule has 1 saturated carbocycles. The second-order valence-corrected chi connectivity index (χ2v) is 8.99. The van der Waals surface area contributed by atoms with Crippen LogP contribution in [-0.4, -0.2) is 25.4 Å². The average Bonchev–Trinajstić information content (AvgIpc) is 2.69. The lowest BCUT2D eigenvalue weighted by atomic mass is 9.83. The highest BCUT2D eigenvalue weighted by Gasteiger charge is 2.84. The van der Waals surface area contributed by atoms with E-state index in [0.29, 0.717) is 0 Å². The Morgan fingerprint density at radius 2 is 1.26 bits per heavy atom. The Balaban J connectivity index is 2.37. The smallest absolute Gasteiger partial charge is 0.118 e. The van der Waals surface area contributed by atoms with Gasteiger partial charge >= 0.3 is 0 Å². The highest BCUT2D eigenvalue weighted by atomic mass is 35.5. The van der Waals surface area contributed by atoms with Crippen LogP contribution in [0.5, 0.6) is 0 Å². The Morgan fingerprint density at radius 1 is 0.737 bits per heavy atom. The van der Waals surface area contributed by atoms with Crippen LogP contribution in [0.4, 0.5) is 0 Å². The average molecular weight is 442 g/mol. The molecule has 106 valence electrons. The van der Waals surface area contributed by atoms with Gasteiger partial charge in [0.25, 0.3) is 0 Å². The van der Waals surface area contributed by atoms with Gasteiger partial charge < -0.3 is 0 Å². The summed E-state index contributed by atoms with van der Waals surface area (Å²) in [7, 11) is 0. The second-order valence-electron chi connectivity index (χ2n) is 4.72. The fourth-order valence-electron chi connectivity index (χ4n) is 3.15. The zero-order valence-electron chi connectivity index (χ0n) is 8.63. The van der Waals surface area contributed by atoms with Gasteiger partial charge in [-0.25, -0.2) is 0 Å². The molecule has 0 aromatic rings. The van der Waals surface area contributed by atoms with Crippen LogP contribution in [-0.2, 0) is 0 Å². The van der Waals surface area contributed by atoms with Gasteiger partial charge in [-0.1, -0.05) is 46.4 Å². The molecule has 9 heteroatoms. The first kappa shape index (κ1) is 16.0. The summed E-state index contributed by atoms with van der Waals surface area (Å²) in [5.74, 6) is -0.653. The zero-order valence-corrected chi connectivity index (χ0v) is 15.4. The van der Waals surface area contributed by atoms with Crippen molar-refractivity contribution >= 4 is 104 Å². The van der Waals surface area contributed by atoms with Crippen molar-refractivity contribution in [2.24, 2.45) is 5.92 Å². The van der Waals surface area contributed by atoms with E-state index in [1.54, 1.807) is 0 Å². The van der Waals surface area contributed by atoms with E-state index in [9.17, 15) is 0 Å². The molecular weight excluding hydrogens is 439 g/mol. The van der Waals surface area contributed by atoms with Crippen molar-refractivity contribution < 1.29 is 0 Å². The molecule has 1 fully saturated rings. The predicted molar refractivity (Wildman–Crippen MR) is 86.0 cm³/mol. The molecule has 19 heavy (non-hydrogen) atoms. The molecule has 0 heterocycles. The van der Waals surface area contributed by atoms with Crippen molar-refractivity contribution in [3.05, 3.63) is 20.1 Å². The monoisotopic (exact) mass is 438 g/mol. The number of alkyl halides is 5. The largest absolute Gasteiger partial charge is 0.124 e. The Hall–Kier alpha value is 2.09. The minimum absolute atomic E-state index is 0.0884. The Labute approximate surface area is 154 Å². The zero-order chi connectivity index (χ0) is 14.5. The van der Waals surface area contributed by atoms with E-state index in [4.69, 9.17) is 104 Å². The van der Waals surface area contributed by atoms with E-state index in [1.807, 2.05) is 0 Å². The van der Waals surface area contributed by atoms with Crippen LogP contribution in [0.3, 0.4) is 0 Å². The van der Waals surface area contributed by atoms with Gasteiger partial charge in [0.1, 0.15) is 14.6 Å². The minimum Gasteiger partial charge on any atom is -0.118 e. The van der Waals surface area contributed by atoms with Gasteiger partial charge in [-0.15, -0.1) is 58.0 Å². The Morgan fingerprint density at radius 3 is 1.79 bits per heavy atom. The maximum absolute atomic E-state index is 6.65. The highest BCUT2D eigenvalue weighted by molar-refractivity contribution is 6.61. The highest BCUT2D eigenvalue weighted by Crippen LogP contribution is 2.78. The SMILES string of the molecule is ClC1=C(Cl)C2(Cl)C(C1Cl)C1(Cl)C(Cl)=C(Cl)C2(Cl)C1Cl. The molecule has 3 aliphatic rings. The molecule has 0 spiro atoms. The first-order valence-electron chi connectivity index (χ1n) is 5.04. The lowest BCUT2D eigenvalue weighted by Crippen LogP contribution is -2.50. The van der Waals surface area contributed by atoms with Crippen LogP contribution in [0.2, 0.25) is 0 Å². The van der Waals surface area contributed by atoms with Crippen molar-refractivity contribution in [3.63, 3.8) is 0 Å². The minimum atomic E-state index is -1.44. The standard InChI is InChI=1S/C10H3Cl9/c11-1-2(12)4(13)9(18)3(1)8(17)5(14)6(15)10(9,19)7(8)16/h1,3,7H. The summed E-state index contributed by atoms with van der Waals surface area (Å²) in [6.45, 7) is 0. The third kappa shape index (κ3) is 1.38. The van der Waals surface area contributed by atoms with E-state index in [-0.39, 0.29) is 20.1 Å². The number of halogens is 9. The normalized spacial score (nSPS) is 56.4. The molecule has 6 atom stereocenters. The van der Waals surface area contributed by atoms with Gasteiger partial charge in [0.05, 0.1) is 30.9 Å². The van der Waals surface area contributed by atoms with Gasteiger partial charge in [0.2, 0.25) is 0 Å². The molecule has 2 bridgehead atoms. The van der Waals surface area contributed by atoms with E-state index in [0.717, 1.165) is 0 Å². The van der Waals surface area contributed by atoms with Crippen molar-refractivity contribution in [1.82, 2.24) is 0 Å². The van der Waals surface area contributed by atoms with Crippen LogP contribution in [0, 0.1) is 5.92 Å². The quantitative estimate of drug-likeness (QED) is 0.394. The molecule has 6 unspecified atom stereocenters. The molecule has 0 aromatic carbocycles. The van der Waals surface area contributed by atoms with Crippen molar-refractivity contribution in [3.8, 4) is 0 Å².